The van der Waals surface area contributed by atoms with Crippen LogP contribution in [-0.2, 0) is 22.6 Å². The van der Waals surface area contributed by atoms with Crippen LogP contribution in [0.15, 0.2) is 30.5 Å². The number of esters is 1. The molecule has 7 rings (SSSR count). The van der Waals surface area contributed by atoms with Gasteiger partial charge in [-0.2, -0.15) is 5.10 Å². The fourth-order valence-corrected chi connectivity index (χ4v) is 6.20. The number of nitrogens with one attached hydrogen (secondary N) is 2. The summed E-state index contributed by atoms with van der Waals surface area (Å²) in [4.78, 5) is 54.0. The lowest BCUT2D eigenvalue weighted by atomic mass is 9.52. The first-order chi connectivity index (χ1) is 18.7. The van der Waals surface area contributed by atoms with E-state index in [2.05, 4.69) is 20.7 Å². The highest BCUT2D eigenvalue weighted by Gasteiger charge is 2.50. The zero-order valence-corrected chi connectivity index (χ0v) is 21.5. The van der Waals surface area contributed by atoms with Crippen LogP contribution in [-0.4, -0.2) is 44.7 Å². The lowest BCUT2D eigenvalue weighted by Crippen LogP contribution is -2.49. The SMILES string of the molecule is CC(=O)C12CCC(CNC(=O)c3cc(C(=O)NCc4ccc5c(c4)CC(=O)O5)nc4c(F)cnn34)(CC1)CC2. The third kappa shape index (κ3) is 4.45. The van der Waals surface area contributed by atoms with E-state index in [-0.39, 0.29) is 52.6 Å². The lowest BCUT2D eigenvalue weighted by molar-refractivity contribution is -0.135. The second-order valence-electron chi connectivity index (χ2n) is 11.0. The van der Waals surface area contributed by atoms with Crippen LogP contribution < -0.4 is 15.4 Å². The van der Waals surface area contributed by atoms with Crippen LogP contribution >= 0.6 is 0 Å². The van der Waals surface area contributed by atoms with E-state index < -0.39 is 17.6 Å². The summed E-state index contributed by atoms with van der Waals surface area (Å²) in [6.45, 7) is 2.24. The Labute approximate surface area is 223 Å². The smallest absolute Gasteiger partial charge is 0.315 e. The van der Waals surface area contributed by atoms with Gasteiger partial charge in [-0.15, -0.1) is 0 Å². The van der Waals surface area contributed by atoms with Crippen molar-refractivity contribution in [2.45, 2.75) is 58.4 Å². The Balaban J connectivity index is 1.17. The molecule has 0 atom stereocenters. The number of hydrogen-bond acceptors (Lipinski definition) is 7. The van der Waals surface area contributed by atoms with Crippen LogP contribution in [0.25, 0.3) is 5.65 Å². The van der Waals surface area contributed by atoms with Gasteiger partial charge in [0.05, 0.1) is 12.6 Å². The number of benzene rings is 1. The quantitative estimate of drug-likeness (QED) is 0.353. The van der Waals surface area contributed by atoms with Crippen molar-refractivity contribution in [3.63, 3.8) is 0 Å². The molecule has 0 spiro atoms. The number of rotatable bonds is 7. The molecule has 2 N–H and O–H groups in total. The molecule has 0 unspecified atom stereocenters. The van der Waals surface area contributed by atoms with Gasteiger partial charge in [0, 0.05) is 30.1 Å². The first kappa shape index (κ1) is 25.1. The van der Waals surface area contributed by atoms with Crippen LogP contribution in [0, 0.1) is 16.6 Å². The van der Waals surface area contributed by atoms with E-state index in [1.54, 1.807) is 25.1 Å². The van der Waals surface area contributed by atoms with Gasteiger partial charge < -0.3 is 15.4 Å². The zero-order valence-electron chi connectivity index (χ0n) is 21.5. The van der Waals surface area contributed by atoms with Gasteiger partial charge in [-0.25, -0.2) is 13.9 Å². The van der Waals surface area contributed by atoms with Crippen molar-refractivity contribution in [1.82, 2.24) is 25.2 Å². The van der Waals surface area contributed by atoms with E-state index in [1.165, 1.54) is 6.07 Å². The molecule has 3 heterocycles. The molecule has 39 heavy (non-hydrogen) atoms. The van der Waals surface area contributed by atoms with E-state index in [0.717, 1.165) is 60.4 Å². The molecule has 3 fully saturated rings. The van der Waals surface area contributed by atoms with Crippen molar-refractivity contribution in [2.75, 3.05) is 6.54 Å². The van der Waals surface area contributed by atoms with Crippen LogP contribution in [0.1, 0.15) is 77.6 Å². The van der Waals surface area contributed by atoms with Gasteiger partial charge in [0.1, 0.15) is 22.9 Å². The number of amides is 2. The maximum atomic E-state index is 14.5. The van der Waals surface area contributed by atoms with Crippen molar-refractivity contribution < 1.29 is 28.3 Å². The minimum atomic E-state index is -0.749. The van der Waals surface area contributed by atoms with Gasteiger partial charge >= 0.3 is 5.97 Å². The second kappa shape index (κ2) is 9.25. The summed E-state index contributed by atoms with van der Waals surface area (Å²) in [7, 11) is 0. The second-order valence-corrected chi connectivity index (χ2v) is 11.0. The number of halogens is 1. The minimum Gasteiger partial charge on any atom is -0.426 e. The lowest BCUT2D eigenvalue weighted by Gasteiger charge is -2.52. The molecule has 3 aliphatic carbocycles. The Morgan fingerprint density at radius 2 is 1.79 bits per heavy atom. The molecule has 11 heteroatoms. The third-order valence-electron chi connectivity index (χ3n) is 8.80. The Morgan fingerprint density at radius 3 is 2.51 bits per heavy atom. The van der Waals surface area contributed by atoms with Crippen molar-refractivity contribution in [1.29, 1.82) is 0 Å². The predicted molar refractivity (Wildman–Crippen MR) is 135 cm³/mol. The molecule has 0 saturated heterocycles. The highest BCUT2D eigenvalue weighted by atomic mass is 19.1. The summed E-state index contributed by atoms with van der Waals surface area (Å²) < 4.78 is 20.7. The normalized spacial score (nSPS) is 23.4. The maximum absolute atomic E-state index is 14.5. The number of ketones is 1. The highest BCUT2D eigenvalue weighted by molar-refractivity contribution is 5.98. The molecule has 3 saturated carbocycles. The summed E-state index contributed by atoms with van der Waals surface area (Å²) in [5.41, 5.74) is 0.885. The van der Waals surface area contributed by atoms with Crippen molar-refractivity contribution in [3.05, 3.63) is 58.8 Å². The van der Waals surface area contributed by atoms with Gasteiger partial charge in [-0.05, 0) is 68.6 Å². The van der Waals surface area contributed by atoms with Crippen LogP contribution in [0.4, 0.5) is 4.39 Å². The fraction of sp³-hybridized carbons (Fsp3) is 0.429. The number of fused-ring (bicyclic) bond motifs is 5. The molecule has 1 aliphatic heterocycles. The highest BCUT2D eigenvalue weighted by Crippen LogP contribution is 2.56. The number of Topliss-reactive ketones (excluding diaryl/α,β-unsaturated/α-hetero) is 1. The molecule has 4 aliphatic rings. The van der Waals surface area contributed by atoms with Gasteiger partial charge in [0.25, 0.3) is 11.8 Å². The molecule has 0 radical (unpaired) electrons. The average Bonchev–Trinajstić information content (AvgIpc) is 3.51. The minimum absolute atomic E-state index is 0.00310. The standard InChI is InChI=1S/C28H28FN5O5/c1-16(35)28-7-4-27(5-8-28,6-9-28)15-31-26(38)21-12-20(33-24-19(29)14-32-34(21)24)25(37)30-13-17-2-3-22-18(10-17)11-23(36)39-22/h2-3,10,12,14H,4-9,11,13,15H2,1H3,(H,30,37)(H,31,38). The topological polar surface area (TPSA) is 132 Å². The van der Waals surface area contributed by atoms with E-state index in [4.69, 9.17) is 4.74 Å². The molecule has 202 valence electrons. The van der Waals surface area contributed by atoms with E-state index in [9.17, 15) is 23.6 Å². The summed E-state index contributed by atoms with van der Waals surface area (Å²) in [6.07, 6.45) is 6.23. The van der Waals surface area contributed by atoms with E-state index in [1.807, 2.05) is 0 Å². The number of hydrogen-bond donors (Lipinski definition) is 2. The average molecular weight is 534 g/mol. The van der Waals surface area contributed by atoms with Crippen LogP contribution in [0.3, 0.4) is 0 Å². The third-order valence-corrected chi connectivity index (χ3v) is 8.80. The monoisotopic (exact) mass is 533 g/mol. The number of carbonyl (C=O) groups is 4. The number of nitrogens with zero attached hydrogens (tertiary/aromatic N) is 3. The van der Waals surface area contributed by atoms with Gasteiger partial charge in [0.15, 0.2) is 11.5 Å². The Morgan fingerprint density at radius 1 is 1.05 bits per heavy atom. The van der Waals surface area contributed by atoms with Gasteiger partial charge in [0.2, 0.25) is 0 Å². The number of ether oxygens (including phenoxy) is 1. The summed E-state index contributed by atoms with van der Waals surface area (Å²) >= 11 is 0. The number of aromatic nitrogens is 3. The van der Waals surface area contributed by atoms with Gasteiger partial charge in [-0.1, -0.05) is 6.07 Å². The first-order valence-electron chi connectivity index (χ1n) is 13.1. The van der Waals surface area contributed by atoms with Crippen LogP contribution in [0.2, 0.25) is 0 Å². The van der Waals surface area contributed by atoms with Crippen molar-refractivity contribution in [3.8, 4) is 5.75 Å². The molecule has 2 aromatic heterocycles. The van der Waals surface area contributed by atoms with Crippen molar-refractivity contribution >= 4 is 29.2 Å². The van der Waals surface area contributed by atoms with E-state index >= 15 is 0 Å². The molecule has 10 nitrogen and oxygen atoms in total. The summed E-state index contributed by atoms with van der Waals surface area (Å²) in [5, 5.41) is 9.66. The predicted octanol–water partition coefficient (Wildman–Crippen LogP) is 2.92. The molecule has 2 amide bonds. The summed E-state index contributed by atoms with van der Waals surface area (Å²) in [5.74, 6) is -1.38. The van der Waals surface area contributed by atoms with E-state index in [0.29, 0.717) is 12.3 Å². The maximum Gasteiger partial charge on any atom is 0.315 e. The first-order valence-corrected chi connectivity index (χ1v) is 13.1. The zero-order chi connectivity index (χ0) is 27.4. The Kier molecular flexibility index (Phi) is 5.96. The Hall–Kier alpha value is -4.15. The largest absolute Gasteiger partial charge is 0.426 e. The van der Waals surface area contributed by atoms with Crippen molar-refractivity contribution in [2.24, 2.45) is 10.8 Å². The fourth-order valence-electron chi connectivity index (χ4n) is 6.20. The number of carbonyl (C=O) groups excluding carboxylic acids is 4. The molecule has 3 aromatic rings. The molecule has 2 bridgehead atoms. The molecular weight excluding hydrogens is 505 g/mol. The molecular formula is C28H28FN5O5. The van der Waals surface area contributed by atoms with Gasteiger partial charge in [-0.3, -0.25) is 19.2 Å². The Bertz CT molecular complexity index is 1520. The van der Waals surface area contributed by atoms with Crippen LogP contribution in [0.5, 0.6) is 5.75 Å². The summed E-state index contributed by atoms with van der Waals surface area (Å²) in [6, 6.07) is 6.50. The molecule has 1 aromatic carbocycles.